The van der Waals surface area contributed by atoms with Crippen LogP contribution in [-0.4, -0.2) is 39.3 Å². The van der Waals surface area contributed by atoms with Crippen molar-refractivity contribution in [3.05, 3.63) is 60.9 Å². The molecule has 0 bridgehead atoms. The van der Waals surface area contributed by atoms with Gasteiger partial charge in [-0.1, -0.05) is 24.3 Å². The van der Waals surface area contributed by atoms with Crippen molar-refractivity contribution in [1.82, 2.24) is 19.7 Å². The first-order valence-electron chi connectivity index (χ1n) is 8.66. The number of benzene rings is 1. The summed E-state index contributed by atoms with van der Waals surface area (Å²) in [7, 11) is 0. The lowest BCUT2D eigenvalue weighted by Crippen LogP contribution is -2.24. The van der Waals surface area contributed by atoms with Crippen LogP contribution < -0.4 is 0 Å². The highest BCUT2D eigenvalue weighted by atomic mass is 15.3. The van der Waals surface area contributed by atoms with Crippen LogP contribution in [0.3, 0.4) is 0 Å². The van der Waals surface area contributed by atoms with Crippen LogP contribution in [0.2, 0.25) is 0 Å². The summed E-state index contributed by atoms with van der Waals surface area (Å²) < 4.78 is 2.06. The zero-order valence-electron chi connectivity index (χ0n) is 13.8. The van der Waals surface area contributed by atoms with Gasteiger partial charge in [0.1, 0.15) is 0 Å². The molecule has 0 N–H and O–H groups in total. The van der Waals surface area contributed by atoms with Gasteiger partial charge in [0, 0.05) is 30.1 Å². The summed E-state index contributed by atoms with van der Waals surface area (Å²) in [4.78, 5) is 6.95. The minimum absolute atomic E-state index is 0.958. The third-order valence-corrected chi connectivity index (χ3v) is 4.60. The molecule has 24 heavy (non-hydrogen) atoms. The highest BCUT2D eigenvalue weighted by molar-refractivity contribution is 5.69. The van der Waals surface area contributed by atoms with Gasteiger partial charge in [0.05, 0.1) is 17.9 Å². The van der Waals surface area contributed by atoms with E-state index in [0.29, 0.717) is 0 Å². The largest absolute Gasteiger partial charge is 0.301 e. The van der Waals surface area contributed by atoms with Crippen molar-refractivity contribution in [2.75, 3.05) is 19.6 Å². The topological polar surface area (TPSA) is 34.0 Å². The Kier molecular flexibility index (Phi) is 4.38. The minimum Gasteiger partial charge on any atom is -0.301 e. The van der Waals surface area contributed by atoms with Crippen molar-refractivity contribution in [3.8, 4) is 22.5 Å². The lowest BCUT2D eigenvalue weighted by molar-refractivity contribution is 0.316. The molecular formula is C20H22N4. The Morgan fingerprint density at radius 2 is 1.67 bits per heavy atom. The highest BCUT2D eigenvalue weighted by Gasteiger charge is 2.11. The molecule has 3 aromatic rings. The van der Waals surface area contributed by atoms with Crippen LogP contribution in [0.15, 0.2) is 60.9 Å². The van der Waals surface area contributed by atoms with Crippen LogP contribution in [-0.2, 0) is 6.54 Å². The maximum absolute atomic E-state index is 4.75. The first kappa shape index (κ1) is 15.1. The molecule has 0 atom stereocenters. The molecule has 122 valence electrons. The molecule has 0 unspecified atom stereocenters. The standard InChI is InChI=1S/C20H22N4/c1-2-10-21-19(8-1)17-6-5-7-18(16-17)20-9-13-24(22-20)15-14-23-11-3-4-12-23/h1-2,5-10,13,16H,3-4,11-12,14-15H2. The molecule has 0 radical (unpaired) electrons. The molecule has 1 fully saturated rings. The molecule has 1 saturated heterocycles. The zero-order valence-corrected chi connectivity index (χ0v) is 13.8. The number of aromatic nitrogens is 3. The molecule has 0 amide bonds. The Balaban J connectivity index is 1.50. The predicted octanol–water partition coefficient (Wildman–Crippen LogP) is 3.71. The van der Waals surface area contributed by atoms with E-state index in [9.17, 15) is 0 Å². The molecule has 4 nitrogen and oxygen atoms in total. The third-order valence-electron chi connectivity index (χ3n) is 4.60. The molecule has 1 aliphatic heterocycles. The fourth-order valence-corrected chi connectivity index (χ4v) is 3.26. The SMILES string of the molecule is c1ccc(-c2cccc(-c3ccn(CCN4CCCC4)n3)c2)nc1. The number of hydrogen-bond donors (Lipinski definition) is 0. The van der Waals surface area contributed by atoms with E-state index >= 15 is 0 Å². The van der Waals surface area contributed by atoms with Gasteiger partial charge < -0.3 is 4.90 Å². The quantitative estimate of drug-likeness (QED) is 0.719. The monoisotopic (exact) mass is 318 g/mol. The molecule has 0 saturated carbocycles. The van der Waals surface area contributed by atoms with Gasteiger partial charge in [-0.05, 0) is 50.2 Å². The molecule has 3 heterocycles. The first-order chi connectivity index (χ1) is 11.9. The maximum Gasteiger partial charge on any atom is 0.0923 e. The minimum atomic E-state index is 0.958. The van der Waals surface area contributed by atoms with E-state index in [-0.39, 0.29) is 0 Å². The van der Waals surface area contributed by atoms with E-state index in [4.69, 9.17) is 5.10 Å². The lowest BCUT2D eigenvalue weighted by atomic mass is 10.1. The summed E-state index contributed by atoms with van der Waals surface area (Å²) in [6, 6.07) is 16.5. The normalized spacial score (nSPS) is 15.0. The average molecular weight is 318 g/mol. The Bertz CT molecular complexity index is 788. The van der Waals surface area contributed by atoms with Gasteiger partial charge in [-0.15, -0.1) is 0 Å². The summed E-state index contributed by atoms with van der Waals surface area (Å²) in [5.74, 6) is 0. The highest BCUT2D eigenvalue weighted by Crippen LogP contribution is 2.24. The summed E-state index contributed by atoms with van der Waals surface area (Å²) in [5, 5.41) is 4.75. The summed E-state index contributed by atoms with van der Waals surface area (Å²) in [5.41, 5.74) is 4.28. The molecule has 0 spiro atoms. The van der Waals surface area contributed by atoms with Gasteiger partial charge in [-0.2, -0.15) is 5.10 Å². The number of likely N-dealkylation sites (tertiary alicyclic amines) is 1. The van der Waals surface area contributed by atoms with Crippen LogP contribution in [0.4, 0.5) is 0 Å². The predicted molar refractivity (Wildman–Crippen MR) is 96.6 cm³/mol. The van der Waals surface area contributed by atoms with Crippen LogP contribution in [0, 0.1) is 0 Å². The van der Waals surface area contributed by atoms with Crippen LogP contribution in [0.25, 0.3) is 22.5 Å². The van der Waals surface area contributed by atoms with Gasteiger partial charge in [0.15, 0.2) is 0 Å². The smallest absolute Gasteiger partial charge is 0.0923 e. The van der Waals surface area contributed by atoms with Crippen molar-refractivity contribution in [1.29, 1.82) is 0 Å². The van der Waals surface area contributed by atoms with E-state index in [2.05, 4.69) is 51.1 Å². The second-order valence-electron chi connectivity index (χ2n) is 6.31. The first-order valence-corrected chi connectivity index (χ1v) is 8.66. The fraction of sp³-hybridized carbons (Fsp3) is 0.300. The van der Waals surface area contributed by atoms with Crippen molar-refractivity contribution in [3.63, 3.8) is 0 Å². The fourth-order valence-electron chi connectivity index (χ4n) is 3.26. The number of rotatable bonds is 5. The molecule has 1 aromatic carbocycles. The second-order valence-corrected chi connectivity index (χ2v) is 6.31. The lowest BCUT2D eigenvalue weighted by Gasteiger charge is -2.13. The summed E-state index contributed by atoms with van der Waals surface area (Å²) in [6.45, 7) is 4.52. The van der Waals surface area contributed by atoms with Gasteiger partial charge >= 0.3 is 0 Å². The van der Waals surface area contributed by atoms with E-state index in [0.717, 1.165) is 35.6 Å². The maximum atomic E-state index is 4.75. The Hall–Kier alpha value is -2.46. The van der Waals surface area contributed by atoms with Crippen molar-refractivity contribution in [2.45, 2.75) is 19.4 Å². The van der Waals surface area contributed by atoms with Crippen molar-refractivity contribution in [2.24, 2.45) is 0 Å². The molecule has 4 heteroatoms. The van der Waals surface area contributed by atoms with Crippen LogP contribution in [0.1, 0.15) is 12.8 Å². The van der Waals surface area contributed by atoms with Gasteiger partial charge in [0.25, 0.3) is 0 Å². The van der Waals surface area contributed by atoms with E-state index in [1.165, 1.54) is 25.9 Å². The van der Waals surface area contributed by atoms with E-state index in [1.54, 1.807) is 0 Å². The van der Waals surface area contributed by atoms with Gasteiger partial charge in [-0.3, -0.25) is 9.67 Å². The van der Waals surface area contributed by atoms with E-state index < -0.39 is 0 Å². The number of pyridine rings is 1. The second kappa shape index (κ2) is 6.97. The number of nitrogens with zero attached hydrogens (tertiary/aromatic N) is 4. The number of hydrogen-bond acceptors (Lipinski definition) is 3. The van der Waals surface area contributed by atoms with Crippen molar-refractivity contribution < 1.29 is 0 Å². The Morgan fingerprint density at radius 1 is 0.833 bits per heavy atom. The molecule has 4 rings (SSSR count). The average Bonchev–Trinajstić information content (AvgIpc) is 3.33. The molecule has 2 aromatic heterocycles. The third kappa shape index (κ3) is 3.39. The molecular weight excluding hydrogens is 296 g/mol. The Morgan fingerprint density at radius 3 is 2.46 bits per heavy atom. The van der Waals surface area contributed by atoms with Crippen molar-refractivity contribution >= 4 is 0 Å². The molecule has 0 aliphatic carbocycles. The van der Waals surface area contributed by atoms with Gasteiger partial charge in [-0.25, -0.2) is 0 Å². The Labute approximate surface area is 142 Å². The van der Waals surface area contributed by atoms with Gasteiger partial charge in [0.2, 0.25) is 0 Å². The summed E-state index contributed by atoms with van der Waals surface area (Å²) in [6.07, 6.45) is 6.59. The van der Waals surface area contributed by atoms with Crippen LogP contribution in [0.5, 0.6) is 0 Å². The molecule has 1 aliphatic rings. The summed E-state index contributed by atoms with van der Waals surface area (Å²) >= 11 is 0. The zero-order chi connectivity index (χ0) is 16.2. The van der Waals surface area contributed by atoms with Crippen LogP contribution >= 0.6 is 0 Å². The van der Waals surface area contributed by atoms with E-state index in [1.807, 2.05) is 24.4 Å².